The Labute approximate surface area is 382 Å². The van der Waals surface area contributed by atoms with E-state index in [1.165, 1.54) is 12.1 Å². The number of carbonyl (C=O) groups is 2. The van der Waals surface area contributed by atoms with Crippen LogP contribution in [0.4, 0.5) is 0 Å². The van der Waals surface area contributed by atoms with Gasteiger partial charge in [-0.15, -0.1) is 8.42 Å². The zero-order chi connectivity index (χ0) is 50.0. The maximum atomic E-state index is 13.1. The second-order valence-electron chi connectivity index (χ2n) is 15.2. The number of phenols is 6. The molecule has 69 heavy (non-hydrogen) atoms. The van der Waals surface area contributed by atoms with Gasteiger partial charge in [0.25, 0.3) is 0 Å². The van der Waals surface area contributed by atoms with Gasteiger partial charge in [0.2, 0.25) is 12.6 Å². The highest BCUT2D eigenvalue weighted by Crippen LogP contribution is 2.38. The molecule has 6 aromatic rings. The van der Waals surface area contributed by atoms with E-state index in [2.05, 4.69) is 8.37 Å². The van der Waals surface area contributed by atoms with Crippen molar-refractivity contribution >= 4 is 44.3 Å². The molecule has 2 aromatic heterocycles. The minimum atomic E-state index is -5.93. The van der Waals surface area contributed by atoms with E-state index in [1.807, 2.05) is 0 Å². The van der Waals surface area contributed by atoms with Crippen LogP contribution >= 0.6 is 0 Å². The summed E-state index contributed by atoms with van der Waals surface area (Å²) in [7, 11) is -5.93. The normalized spacial score (nSPS) is 25.0. The zero-order valence-corrected chi connectivity index (χ0v) is 35.0. The lowest BCUT2D eigenvalue weighted by atomic mass is 9.99. The zero-order valence-electron chi connectivity index (χ0n) is 34.2. The van der Waals surface area contributed by atoms with Gasteiger partial charge in [-0.25, -0.2) is 9.59 Å². The van der Waals surface area contributed by atoms with Gasteiger partial charge in [0.1, 0.15) is 93.1 Å². The molecule has 0 radical (unpaired) electrons. The van der Waals surface area contributed by atoms with Gasteiger partial charge in [-0.2, -0.15) is 0 Å². The summed E-state index contributed by atoms with van der Waals surface area (Å²) in [6.07, 6.45) is -23.7. The van der Waals surface area contributed by atoms with Gasteiger partial charge in [-0.1, -0.05) is 0 Å². The van der Waals surface area contributed by atoms with E-state index in [-0.39, 0.29) is 44.6 Å². The number of hydrogen-bond acceptors (Lipinski definition) is 26. The number of aromatic hydroxyl groups is 6. The summed E-state index contributed by atoms with van der Waals surface area (Å²) in [5.74, 6) is -9.15. The Bertz CT molecular complexity index is 3050. The van der Waals surface area contributed by atoms with Crippen molar-refractivity contribution in [2.75, 3.05) is 0 Å². The lowest BCUT2D eigenvalue weighted by Gasteiger charge is -2.39. The fourth-order valence-corrected chi connectivity index (χ4v) is 7.75. The van der Waals surface area contributed by atoms with Gasteiger partial charge < -0.3 is 97.4 Å². The Morgan fingerprint density at radius 2 is 0.841 bits per heavy atom. The lowest BCUT2D eigenvalue weighted by molar-refractivity contribution is -0.271. The molecule has 0 unspecified atom stereocenters. The summed E-state index contributed by atoms with van der Waals surface area (Å²) in [4.78, 5) is 52.0. The molecule has 0 aliphatic carbocycles. The van der Waals surface area contributed by atoms with Crippen LogP contribution in [-0.4, -0.2) is 143 Å². The molecule has 26 nitrogen and oxygen atoms in total. The monoisotopic (exact) mass is 986 g/mol. The van der Waals surface area contributed by atoms with Crippen molar-refractivity contribution in [1.29, 1.82) is 0 Å². The van der Waals surface area contributed by atoms with Crippen LogP contribution in [0.3, 0.4) is 0 Å². The van der Waals surface area contributed by atoms with Gasteiger partial charge in [0.15, 0.2) is 46.1 Å². The molecule has 12 N–H and O–H groups in total. The predicted molar refractivity (Wildman–Crippen MR) is 222 cm³/mol. The summed E-state index contributed by atoms with van der Waals surface area (Å²) in [5, 5.41) is 123. The lowest BCUT2D eigenvalue weighted by Crippen LogP contribution is -2.62. The first-order valence-electron chi connectivity index (χ1n) is 19.6. The molecule has 2 aliphatic rings. The van der Waals surface area contributed by atoms with Crippen LogP contribution in [-0.2, 0) is 37.8 Å². The highest BCUT2D eigenvalue weighted by molar-refractivity contribution is 7.82. The molecule has 364 valence electrons. The first-order chi connectivity index (χ1) is 32.5. The van der Waals surface area contributed by atoms with Crippen LogP contribution in [0.2, 0.25) is 0 Å². The van der Waals surface area contributed by atoms with E-state index in [4.69, 9.17) is 27.8 Å². The summed E-state index contributed by atoms with van der Waals surface area (Å²) in [6, 6.07) is 12.4. The Kier molecular flexibility index (Phi) is 12.5. The second-order valence-corrected chi connectivity index (χ2v) is 16.4. The van der Waals surface area contributed by atoms with Gasteiger partial charge in [0.05, 0.1) is 0 Å². The van der Waals surface area contributed by atoms with Crippen molar-refractivity contribution in [2.45, 2.75) is 61.4 Å². The Balaban J connectivity index is 0.959. The van der Waals surface area contributed by atoms with Crippen LogP contribution in [0, 0.1) is 0 Å². The topological polar surface area (TPSA) is 427 Å². The quantitative estimate of drug-likeness (QED) is 0.0723. The number of hydrogen-bond donors (Lipinski definition) is 12. The molecular formula is C42H34O26S. The first kappa shape index (κ1) is 47.8. The summed E-state index contributed by atoms with van der Waals surface area (Å²) in [6.45, 7) is 0. The van der Waals surface area contributed by atoms with Crippen LogP contribution in [0.15, 0.2) is 91.2 Å². The average molecular weight is 987 g/mol. The number of rotatable bonds is 10. The van der Waals surface area contributed by atoms with Gasteiger partial charge in [-0.3, -0.25) is 9.59 Å². The van der Waals surface area contributed by atoms with Gasteiger partial charge >= 0.3 is 22.3 Å². The van der Waals surface area contributed by atoms with Crippen molar-refractivity contribution in [3.8, 4) is 68.6 Å². The number of carbonyl (C=O) groups excluding carboxylic acids is 2. The third kappa shape index (κ3) is 9.31. The third-order valence-electron chi connectivity index (χ3n) is 10.6. The predicted octanol–water partition coefficient (Wildman–Crippen LogP) is -1.13. The fourth-order valence-electron chi connectivity index (χ4n) is 7.12. The SMILES string of the molecule is O=C(OS(=O)(=O)OC(=O)[C@H]1O[C@@H](Oc2cc(O)c3c(=O)cc(-c4ccc(O)c(O)c4)oc3c2)[C@H](O)[C@@H](O)[C@@H]1O)[C@H]1O[C@@H](Oc2cc(O)c3c(=O)cc(-c4ccc(O)c(O)c4)oc3c2)[C@H](O)[C@@H](O)[C@@H]1O. The highest BCUT2D eigenvalue weighted by Gasteiger charge is 2.52. The number of aliphatic hydroxyl groups is 6. The molecule has 10 atom stereocenters. The molecule has 2 saturated heterocycles. The fraction of sp³-hybridized carbons (Fsp3) is 0.238. The van der Waals surface area contributed by atoms with E-state index >= 15 is 0 Å². The van der Waals surface area contributed by atoms with Crippen LogP contribution in [0.25, 0.3) is 44.6 Å². The van der Waals surface area contributed by atoms with Gasteiger partial charge in [-0.05, 0) is 36.4 Å². The van der Waals surface area contributed by atoms with E-state index < -0.39 is 141 Å². The van der Waals surface area contributed by atoms with Crippen LogP contribution < -0.4 is 20.3 Å². The van der Waals surface area contributed by atoms with E-state index in [0.717, 1.165) is 60.7 Å². The number of fused-ring (bicyclic) bond motifs is 2. The number of aliphatic hydroxyl groups excluding tert-OH is 6. The Morgan fingerprint density at radius 3 is 1.20 bits per heavy atom. The number of phenolic OH excluding ortho intramolecular Hbond substituents is 6. The van der Waals surface area contributed by atoms with Crippen molar-refractivity contribution in [1.82, 2.24) is 0 Å². The molecule has 2 aliphatic heterocycles. The number of ether oxygens (including phenoxy) is 4. The molecular weight excluding hydrogens is 953 g/mol. The molecule has 2 fully saturated rings. The molecule has 0 bridgehead atoms. The van der Waals surface area contributed by atoms with E-state index in [9.17, 15) is 88.9 Å². The van der Waals surface area contributed by atoms with Crippen molar-refractivity contribution in [2.24, 2.45) is 0 Å². The summed E-state index contributed by atoms with van der Waals surface area (Å²) in [5.41, 5.74) is -2.12. The highest BCUT2D eigenvalue weighted by atomic mass is 32.3. The maximum absolute atomic E-state index is 13.1. The molecule has 8 rings (SSSR count). The van der Waals surface area contributed by atoms with Crippen molar-refractivity contribution in [3.05, 3.63) is 93.2 Å². The largest absolute Gasteiger partial charge is 0.507 e. The summed E-state index contributed by atoms with van der Waals surface area (Å²) >= 11 is 0. The van der Waals surface area contributed by atoms with Crippen molar-refractivity contribution < 1.29 is 115 Å². The molecule has 27 heteroatoms. The first-order valence-corrected chi connectivity index (χ1v) is 20.9. The van der Waals surface area contributed by atoms with E-state index in [0.29, 0.717) is 0 Å². The summed E-state index contributed by atoms with van der Waals surface area (Å²) < 4.78 is 66.9. The smallest absolute Gasteiger partial charge is 0.506 e. The Hall–Kier alpha value is -7.73. The Morgan fingerprint density at radius 1 is 0.464 bits per heavy atom. The maximum Gasteiger partial charge on any atom is 0.506 e. The number of benzene rings is 4. The standard InChI is InChI=1S/C42H34O26S/c43-17-3-1-13(5-19(17)45)25-11-23(49)29-21(47)7-15(9-27(29)63-25)61-41-35(55)31(51)33(53)37(65-41)39(57)67-69(59,60)68-40(58)38-34(54)32(52)36(56)42(66-38)62-16-8-22(48)30-24(50)12-26(64-28(30)10-16)14-2-4-18(44)20(46)6-14/h1-12,31-38,41-48,51-56H/t31-,32-,33-,34-,35+,36+,37-,38-,41+,42+/m0/s1. The van der Waals surface area contributed by atoms with Crippen LogP contribution in [0.5, 0.6) is 46.0 Å². The minimum Gasteiger partial charge on any atom is -0.507 e. The van der Waals surface area contributed by atoms with Gasteiger partial charge in [0, 0.05) is 47.5 Å². The van der Waals surface area contributed by atoms with Crippen LogP contribution in [0.1, 0.15) is 0 Å². The molecule has 0 spiro atoms. The minimum absolute atomic E-state index is 0.0991. The average Bonchev–Trinajstić information content (AvgIpc) is 3.27. The molecule has 0 saturated carbocycles. The van der Waals surface area contributed by atoms with Crippen molar-refractivity contribution in [3.63, 3.8) is 0 Å². The molecule has 4 aromatic carbocycles. The van der Waals surface area contributed by atoms with E-state index in [1.54, 1.807) is 0 Å². The molecule has 0 amide bonds. The molecule has 4 heterocycles. The second kappa shape index (κ2) is 18.1. The third-order valence-corrected chi connectivity index (χ3v) is 11.3.